The molecule has 2 rings (SSSR count). The number of carbonyl (C=O) groups is 2. The van der Waals surface area contributed by atoms with Crippen molar-refractivity contribution in [2.75, 3.05) is 13.1 Å². The van der Waals surface area contributed by atoms with Crippen LogP contribution in [0.3, 0.4) is 0 Å². The third-order valence-corrected chi connectivity index (χ3v) is 3.51. The molecule has 1 atom stereocenters. The van der Waals surface area contributed by atoms with Gasteiger partial charge in [-0.3, -0.25) is 14.3 Å². The summed E-state index contributed by atoms with van der Waals surface area (Å²) in [6.45, 7) is 4.82. The van der Waals surface area contributed by atoms with Crippen LogP contribution in [0.4, 0.5) is 0 Å². The molecule has 20 heavy (non-hydrogen) atoms. The maximum absolute atomic E-state index is 12.1. The van der Waals surface area contributed by atoms with Gasteiger partial charge in [-0.05, 0) is 12.3 Å². The van der Waals surface area contributed by atoms with Crippen molar-refractivity contribution in [2.24, 2.45) is 13.0 Å². The molecular formula is C13H21N5O2. The molecule has 7 heteroatoms. The maximum Gasteiger partial charge on any atom is 0.240 e. The summed E-state index contributed by atoms with van der Waals surface area (Å²) in [6.07, 6.45) is 2.86. The predicted molar refractivity (Wildman–Crippen MR) is 72.5 cm³/mol. The van der Waals surface area contributed by atoms with Crippen molar-refractivity contribution >= 4 is 11.8 Å². The Bertz CT molecular complexity index is 497. The van der Waals surface area contributed by atoms with Crippen LogP contribution < -0.4 is 5.32 Å². The minimum Gasteiger partial charge on any atom is -0.344 e. The Labute approximate surface area is 118 Å². The summed E-state index contributed by atoms with van der Waals surface area (Å²) in [5.74, 6) is 0.819. The van der Waals surface area contributed by atoms with Gasteiger partial charge in [0.2, 0.25) is 11.8 Å². The van der Waals surface area contributed by atoms with E-state index in [1.165, 1.54) is 6.33 Å². The fourth-order valence-corrected chi connectivity index (χ4v) is 2.38. The second-order valence-corrected chi connectivity index (χ2v) is 5.45. The lowest BCUT2D eigenvalue weighted by Gasteiger charge is -2.23. The van der Waals surface area contributed by atoms with Crippen molar-refractivity contribution in [3.05, 3.63) is 12.2 Å². The monoisotopic (exact) mass is 279 g/mol. The second-order valence-electron chi connectivity index (χ2n) is 5.45. The standard InChI is InChI=1S/C13H21N5O2/c1-9(2)12(13-14-8-15-17(13)3)16-10(19)7-18-6-4-5-11(18)20/h8-9,12H,4-7H2,1-3H3,(H,16,19). The minimum atomic E-state index is -0.201. The van der Waals surface area contributed by atoms with Crippen LogP contribution in [0.1, 0.15) is 38.6 Å². The van der Waals surface area contributed by atoms with E-state index in [1.807, 2.05) is 13.8 Å². The van der Waals surface area contributed by atoms with Gasteiger partial charge >= 0.3 is 0 Å². The van der Waals surface area contributed by atoms with E-state index < -0.39 is 0 Å². The van der Waals surface area contributed by atoms with Gasteiger partial charge in [0.25, 0.3) is 0 Å². The molecule has 0 saturated carbocycles. The summed E-state index contributed by atoms with van der Waals surface area (Å²) >= 11 is 0. The number of hydrogen-bond donors (Lipinski definition) is 1. The molecule has 2 amide bonds. The molecular weight excluding hydrogens is 258 g/mol. The Morgan fingerprint density at radius 3 is 2.75 bits per heavy atom. The van der Waals surface area contributed by atoms with Crippen molar-refractivity contribution in [1.29, 1.82) is 0 Å². The summed E-state index contributed by atoms with van der Waals surface area (Å²) < 4.78 is 1.66. The number of rotatable bonds is 5. The summed E-state index contributed by atoms with van der Waals surface area (Å²) in [7, 11) is 1.80. The van der Waals surface area contributed by atoms with Gasteiger partial charge in [-0.25, -0.2) is 4.98 Å². The highest BCUT2D eigenvalue weighted by atomic mass is 16.2. The van der Waals surface area contributed by atoms with Gasteiger partial charge in [0.05, 0.1) is 12.6 Å². The average molecular weight is 279 g/mol. The maximum atomic E-state index is 12.1. The fraction of sp³-hybridized carbons (Fsp3) is 0.692. The van der Waals surface area contributed by atoms with Crippen molar-refractivity contribution in [3.63, 3.8) is 0 Å². The quantitative estimate of drug-likeness (QED) is 0.838. The lowest BCUT2D eigenvalue weighted by Crippen LogP contribution is -2.41. The summed E-state index contributed by atoms with van der Waals surface area (Å²) in [6, 6.07) is -0.201. The normalized spacial score (nSPS) is 16.8. The molecule has 1 fully saturated rings. The van der Waals surface area contributed by atoms with Crippen LogP contribution in [0.25, 0.3) is 0 Å². The Morgan fingerprint density at radius 2 is 2.25 bits per heavy atom. The molecule has 0 aromatic carbocycles. The highest BCUT2D eigenvalue weighted by molar-refractivity contribution is 5.86. The summed E-state index contributed by atoms with van der Waals surface area (Å²) in [4.78, 5) is 29.4. The largest absolute Gasteiger partial charge is 0.344 e. The minimum absolute atomic E-state index is 0.0555. The average Bonchev–Trinajstić information content (AvgIpc) is 2.96. The fourth-order valence-electron chi connectivity index (χ4n) is 2.38. The Balaban J connectivity index is 2.00. The van der Waals surface area contributed by atoms with E-state index in [1.54, 1.807) is 16.6 Å². The molecule has 110 valence electrons. The van der Waals surface area contributed by atoms with Crippen LogP contribution in [-0.4, -0.2) is 44.6 Å². The number of likely N-dealkylation sites (tertiary alicyclic amines) is 1. The Morgan fingerprint density at radius 1 is 1.50 bits per heavy atom. The molecule has 1 saturated heterocycles. The smallest absolute Gasteiger partial charge is 0.240 e. The molecule has 1 unspecified atom stereocenters. The molecule has 7 nitrogen and oxygen atoms in total. The molecule has 1 aromatic rings. The van der Waals surface area contributed by atoms with E-state index in [-0.39, 0.29) is 30.3 Å². The first kappa shape index (κ1) is 14.5. The van der Waals surface area contributed by atoms with E-state index in [4.69, 9.17) is 0 Å². The third-order valence-electron chi connectivity index (χ3n) is 3.51. The van der Waals surface area contributed by atoms with Gasteiger partial charge in [-0.2, -0.15) is 5.10 Å². The molecule has 1 N–H and O–H groups in total. The predicted octanol–water partition coefficient (Wildman–Crippen LogP) is 0.251. The highest BCUT2D eigenvalue weighted by Gasteiger charge is 2.26. The number of carbonyl (C=O) groups excluding carboxylic acids is 2. The lowest BCUT2D eigenvalue weighted by atomic mass is 10.0. The number of nitrogens with zero attached hydrogens (tertiary/aromatic N) is 4. The van der Waals surface area contributed by atoms with Gasteiger partial charge < -0.3 is 10.2 Å². The van der Waals surface area contributed by atoms with Crippen LogP contribution in [0.5, 0.6) is 0 Å². The third kappa shape index (κ3) is 3.15. The van der Waals surface area contributed by atoms with Gasteiger partial charge in [-0.15, -0.1) is 0 Å². The van der Waals surface area contributed by atoms with Crippen molar-refractivity contribution in [2.45, 2.75) is 32.7 Å². The molecule has 0 bridgehead atoms. The first-order valence-electron chi connectivity index (χ1n) is 6.90. The molecule has 0 aliphatic carbocycles. The molecule has 1 aliphatic heterocycles. The summed E-state index contributed by atoms with van der Waals surface area (Å²) in [5, 5.41) is 6.98. The number of nitrogens with one attached hydrogen (secondary N) is 1. The Kier molecular flexibility index (Phi) is 4.36. The van der Waals surface area contributed by atoms with Crippen molar-refractivity contribution < 1.29 is 9.59 Å². The first-order chi connectivity index (χ1) is 9.49. The van der Waals surface area contributed by atoms with Gasteiger partial charge in [0, 0.05) is 20.0 Å². The Hall–Kier alpha value is -1.92. The van der Waals surface area contributed by atoms with E-state index >= 15 is 0 Å². The number of aryl methyl sites for hydroxylation is 1. The zero-order chi connectivity index (χ0) is 14.7. The molecule has 0 radical (unpaired) electrons. The van der Waals surface area contributed by atoms with Crippen LogP contribution in [0.15, 0.2) is 6.33 Å². The van der Waals surface area contributed by atoms with Crippen LogP contribution in [-0.2, 0) is 16.6 Å². The highest BCUT2D eigenvalue weighted by Crippen LogP contribution is 2.19. The van der Waals surface area contributed by atoms with Crippen molar-refractivity contribution in [3.8, 4) is 0 Å². The SMILES string of the molecule is CC(C)C(NC(=O)CN1CCCC1=O)c1ncnn1C. The van der Waals surface area contributed by atoms with Gasteiger partial charge in [0.15, 0.2) is 0 Å². The number of aromatic nitrogens is 3. The van der Waals surface area contributed by atoms with Gasteiger partial charge in [-0.1, -0.05) is 13.8 Å². The number of hydrogen-bond acceptors (Lipinski definition) is 4. The number of amides is 2. The van der Waals surface area contributed by atoms with E-state index in [0.717, 1.165) is 12.2 Å². The van der Waals surface area contributed by atoms with Crippen LogP contribution >= 0.6 is 0 Å². The summed E-state index contributed by atoms with van der Waals surface area (Å²) in [5.41, 5.74) is 0. The first-order valence-corrected chi connectivity index (χ1v) is 6.90. The van der Waals surface area contributed by atoms with Gasteiger partial charge in [0.1, 0.15) is 12.2 Å². The zero-order valence-electron chi connectivity index (χ0n) is 12.2. The van der Waals surface area contributed by atoms with Crippen LogP contribution in [0, 0.1) is 5.92 Å². The van der Waals surface area contributed by atoms with Crippen LogP contribution in [0.2, 0.25) is 0 Å². The van der Waals surface area contributed by atoms with E-state index in [0.29, 0.717) is 13.0 Å². The molecule has 1 aliphatic rings. The molecule has 2 heterocycles. The molecule has 1 aromatic heterocycles. The van der Waals surface area contributed by atoms with E-state index in [9.17, 15) is 9.59 Å². The topological polar surface area (TPSA) is 80.1 Å². The van der Waals surface area contributed by atoms with Crippen molar-refractivity contribution in [1.82, 2.24) is 25.0 Å². The lowest BCUT2D eigenvalue weighted by molar-refractivity contribution is -0.133. The van der Waals surface area contributed by atoms with E-state index in [2.05, 4.69) is 15.4 Å². The second kappa shape index (κ2) is 6.02. The zero-order valence-corrected chi connectivity index (χ0v) is 12.2. The molecule has 0 spiro atoms.